The molecule has 3 N–H and O–H groups in total. The Bertz CT molecular complexity index is 640. The van der Waals surface area contributed by atoms with Crippen molar-refractivity contribution in [1.82, 2.24) is 4.31 Å². The average Bonchev–Trinajstić information content (AvgIpc) is 2.29. The Hall–Kier alpha value is -1.25. The van der Waals surface area contributed by atoms with Gasteiger partial charge in [0.1, 0.15) is 16.5 Å². The lowest BCUT2D eigenvalue weighted by Gasteiger charge is -2.47. The van der Waals surface area contributed by atoms with Crippen LogP contribution >= 0.6 is 0 Å². The van der Waals surface area contributed by atoms with Gasteiger partial charge in [0, 0.05) is 19.2 Å². The molecule has 0 spiro atoms. The highest BCUT2D eigenvalue weighted by Crippen LogP contribution is 2.34. The summed E-state index contributed by atoms with van der Waals surface area (Å²) >= 11 is 0. The molecular formula is C12H16F2N2O3S. The highest BCUT2D eigenvalue weighted by molar-refractivity contribution is 7.89. The van der Waals surface area contributed by atoms with Crippen LogP contribution < -0.4 is 5.73 Å². The van der Waals surface area contributed by atoms with Crippen LogP contribution in [0.3, 0.4) is 0 Å². The normalized spacial score (nSPS) is 19.1. The fraction of sp³-hybridized carbons (Fsp3) is 0.500. The lowest BCUT2D eigenvalue weighted by atomic mass is 9.85. The van der Waals surface area contributed by atoms with Crippen molar-refractivity contribution in [2.45, 2.75) is 24.3 Å². The fourth-order valence-electron chi connectivity index (χ4n) is 1.98. The topological polar surface area (TPSA) is 83.6 Å². The van der Waals surface area contributed by atoms with Crippen molar-refractivity contribution in [3.8, 4) is 0 Å². The van der Waals surface area contributed by atoms with Crippen LogP contribution in [0.4, 0.5) is 14.5 Å². The molecule has 0 atom stereocenters. The molecule has 0 aromatic heterocycles. The first kappa shape index (κ1) is 15.1. The molecule has 1 fully saturated rings. The van der Waals surface area contributed by atoms with E-state index in [0.717, 1.165) is 10.4 Å². The van der Waals surface area contributed by atoms with Gasteiger partial charge in [0.2, 0.25) is 10.0 Å². The molecule has 0 radical (unpaired) electrons. The number of nitrogens with two attached hydrogens (primary N) is 1. The molecule has 8 heteroatoms. The monoisotopic (exact) mass is 306 g/mol. The lowest BCUT2D eigenvalue weighted by Crippen LogP contribution is -2.65. The van der Waals surface area contributed by atoms with Crippen molar-refractivity contribution in [1.29, 1.82) is 0 Å². The van der Waals surface area contributed by atoms with Crippen LogP contribution in [0.15, 0.2) is 17.0 Å². The molecule has 2 rings (SSSR count). The largest absolute Gasteiger partial charge is 0.396 e. The highest BCUT2D eigenvalue weighted by Gasteiger charge is 2.49. The summed E-state index contributed by atoms with van der Waals surface area (Å²) in [4.78, 5) is -0.679. The Kier molecular flexibility index (Phi) is 3.52. The van der Waals surface area contributed by atoms with Gasteiger partial charge in [-0.1, -0.05) is 13.8 Å². The van der Waals surface area contributed by atoms with Crippen LogP contribution in [0.5, 0.6) is 0 Å². The quantitative estimate of drug-likeness (QED) is 0.814. The van der Waals surface area contributed by atoms with Gasteiger partial charge in [-0.05, 0) is 12.0 Å². The number of nitrogens with zero attached hydrogens (tertiary/aromatic N) is 1. The van der Waals surface area contributed by atoms with E-state index in [0.29, 0.717) is 6.07 Å². The third kappa shape index (κ3) is 2.27. The van der Waals surface area contributed by atoms with Crippen LogP contribution in [0, 0.1) is 17.6 Å². The van der Waals surface area contributed by atoms with Crippen molar-refractivity contribution in [3.05, 3.63) is 23.8 Å². The second-order valence-corrected chi connectivity index (χ2v) is 7.24. The van der Waals surface area contributed by atoms with Crippen LogP contribution in [0.2, 0.25) is 0 Å². The minimum atomic E-state index is -4.13. The van der Waals surface area contributed by atoms with E-state index in [9.17, 15) is 22.3 Å². The average molecular weight is 306 g/mol. The third-order valence-electron chi connectivity index (χ3n) is 3.64. The summed E-state index contributed by atoms with van der Waals surface area (Å²) in [5.74, 6) is -2.34. The van der Waals surface area contributed by atoms with Gasteiger partial charge in [-0.3, -0.25) is 0 Å². The van der Waals surface area contributed by atoms with Crippen molar-refractivity contribution in [2.75, 3.05) is 18.8 Å². The van der Waals surface area contributed by atoms with Crippen LogP contribution in [0.1, 0.15) is 13.8 Å². The van der Waals surface area contributed by atoms with E-state index >= 15 is 0 Å². The van der Waals surface area contributed by atoms with Gasteiger partial charge < -0.3 is 10.8 Å². The predicted molar refractivity (Wildman–Crippen MR) is 69.3 cm³/mol. The SMILES string of the molecule is CC(C)C1(O)CN(S(=O)(=O)c2cc(N)c(F)cc2F)C1. The molecule has 0 amide bonds. The van der Waals surface area contributed by atoms with E-state index in [1.165, 1.54) is 0 Å². The Morgan fingerprint density at radius 3 is 2.35 bits per heavy atom. The number of hydrogen-bond acceptors (Lipinski definition) is 4. The number of aliphatic hydroxyl groups is 1. The highest BCUT2D eigenvalue weighted by atomic mass is 32.2. The van der Waals surface area contributed by atoms with E-state index in [4.69, 9.17) is 5.73 Å². The van der Waals surface area contributed by atoms with E-state index in [2.05, 4.69) is 0 Å². The Morgan fingerprint density at radius 2 is 1.85 bits per heavy atom. The van der Waals surface area contributed by atoms with Gasteiger partial charge in [-0.15, -0.1) is 0 Å². The summed E-state index contributed by atoms with van der Waals surface area (Å²) < 4.78 is 52.1. The third-order valence-corrected chi connectivity index (χ3v) is 5.45. The van der Waals surface area contributed by atoms with Gasteiger partial charge in [-0.25, -0.2) is 17.2 Å². The lowest BCUT2D eigenvalue weighted by molar-refractivity contribution is -0.0933. The number of rotatable bonds is 3. The maximum Gasteiger partial charge on any atom is 0.246 e. The molecule has 1 aromatic carbocycles. The van der Waals surface area contributed by atoms with Crippen molar-refractivity contribution < 1.29 is 22.3 Å². The molecule has 0 aliphatic carbocycles. The van der Waals surface area contributed by atoms with Crippen molar-refractivity contribution in [3.63, 3.8) is 0 Å². The first-order chi connectivity index (χ1) is 9.08. The van der Waals surface area contributed by atoms with Crippen LogP contribution in [-0.4, -0.2) is 36.5 Å². The summed E-state index contributed by atoms with van der Waals surface area (Å²) in [7, 11) is -4.13. The maximum absolute atomic E-state index is 13.6. The zero-order valence-corrected chi connectivity index (χ0v) is 11.9. The molecule has 0 unspecified atom stereocenters. The fourth-order valence-corrected chi connectivity index (χ4v) is 3.63. The summed E-state index contributed by atoms with van der Waals surface area (Å²) in [5, 5.41) is 10.1. The van der Waals surface area contributed by atoms with E-state index in [-0.39, 0.29) is 19.0 Å². The standard InChI is InChI=1S/C12H16F2N2O3S/c1-7(2)12(17)5-16(6-12)20(18,19)11-4-10(15)8(13)3-9(11)14/h3-4,7,17H,5-6,15H2,1-2H3. The molecule has 1 aromatic rings. The second kappa shape index (κ2) is 4.64. The predicted octanol–water partition coefficient (Wildman–Crippen LogP) is 0.938. The summed E-state index contributed by atoms with van der Waals surface area (Å²) in [6.07, 6.45) is 0. The van der Waals surface area contributed by atoms with Gasteiger partial charge in [0.25, 0.3) is 0 Å². The van der Waals surface area contributed by atoms with E-state index < -0.39 is 37.8 Å². The molecule has 1 heterocycles. The molecular weight excluding hydrogens is 290 g/mol. The Labute approximate surface area is 116 Å². The number of halogens is 2. The molecule has 0 saturated carbocycles. The van der Waals surface area contributed by atoms with Gasteiger partial charge >= 0.3 is 0 Å². The van der Waals surface area contributed by atoms with E-state index in [1.807, 2.05) is 0 Å². The minimum Gasteiger partial charge on any atom is -0.396 e. The minimum absolute atomic E-state index is 0.121. The number of nitrogen functional groups attached to an aromatic ring is 1. The Balaban J connectivity index is 2.32. The molecule has 0 bridgehead atoms. The van der Waals surface area contributed by atoms with Gasteiger partial charge in [0.15, 0.2) is 0 Å². The first-order valence-electron chi connectivity index (χ1n) is 6.05. The molecule has 5 nitrogen and oxygen atoms in total. The number of benzene rings is 1. The molecule has 1 aliphatic heterocycles. The smallest absolute Gasteiger partial charge is 0.246 e. The maximum atomic E-state index is 13.6. The first-order valence-corrected chi connectivity index (χ1v) is 7.49. The van der Waals surface area contributed by atoms with Gasteiger partial charge in [0.05, 0.1) is 11.3 Å². The summed E-state index contributed by atoms with van der Waals surface area (Å²) in [6, 6.07) is 1.20. The summed E-state index contributed by atoms with van der Waals surface area (Å²) in [5.41, 5.74) is 3.72. The molecule has 1 saturated heterocycles. The van der Waals surface area contributed by atoms with Crippen molar-refractivity contribution in [2.24, 2.45) is 5.92 Å². The van der Waals surface area contributed by atoms with Crippen LogP contribution in [-0.2, 0) is 10.0 Å². The van der Waals surface area contributed by atoms with Crippen molar-refractivity contribution >= 4 is 15.7 Å². The number of hydrogen-bond donors (Lipinski definition) is 2. The number of anilines is 1. The number of sulfonamides is 1. The Morgan fingerprint density at radius 1 is 1.30 bits per heavy atom. The van der Waals surface area contributed by atoms with Gasteiger partial charge in [-0.2, -0.15) is 4.31 Å². The molecule has 20 heavy (non-hydrogen) atoms. The molecule has 112 valence electrons. The second-order valence-electron chi connectivity index (χ2n) is 5.34. The number of β-amino-alcohol motifs (C(OH)–C–C–N with tert-alkyl or cyclic N) is 1. The zero-order chi connectivity index (χ0) is 15.3. The zero-order valence-electron chi connectivity index (χ0n) is 11.1. The van der Waals surface area contributed by atoms with E-state index in [1.54, 1.807) is 13.8 Å². The molecule has 1 aliphatic rings. The van der Waals surface area contributed by atoms with Crippen LogP contribution in [0.25, 0.3) is 0 Å². The summed E-state index contributed by atoms with van der Waals surface area (Å²) in [6.45, 7) is 3.29.